The van der Waals surface area contributed by atoms with Crippen molar-refractivity contribution >= 4 is 23.9 Å². The van der Waals surface area contributed by atoms with Crippen LogP contribution in [0.3, 0.4) is 0 Å². The van der Waals surface area contributed by atoms with E-state index in [1.807, 2.05) is 34.6 Å². The molecule has 1 aliphatic rings. The molecule has 1 heterocycles. The van der Waals surface area contributed by atoms with E-state index in [9.17, 15) is 14.3 Å². The van der Waals surface area contributed by atoms with E-state index < -0.39 is 12.0 Å². The van der Waals surface area contributed by atoms with Crippen LogP contribution < -0.4 is 0 Å². The summed E-state index contributed by atoms with van der Waals surface area (Å²) in [6.07, 6.45) is 0.977. The molecule has 0 aromatic carbocycles. The molecule has 1 atom stereocenters. The highest BCUT2D eigenvalue weighted by molar-refractivity contribution is 8.56. The lowest BCUT2D eigenvalue weighted by molar-refractivity contribution is -0.153. The summed E-state index contributed by atoms with van der Waals surface area (Å²) in [6.45, 7) is 10.7. The lowest BCUT2D eigenvalue weighted by Gasteiger charge is -2.30. The molecule has 25 heavy (non-hydrogen) atoms. The van der Waals surface area contributed by atoms with Gasteiger partial charge in [0, 0.05) is 25.0 Å². The summed E-state index contributed by atoms with van der Waals surface area (Å²) >= 11 is 1.01. The molecule has 1 N–H and O–H groups in total. The molecular formula is C17H34NO5PS. The molecule has 1 unspecified atom stereocenters. The van der Waals surface area contributed by atoms with E-state index in [1.165, 1.54) is 0 Å². The van der Waals surface area contributed by atoms with Gasteiger partial charge in [-0.2, -0.15) is 0 Å². The number of esters is 1. The van der Waals surface area contributed by atoms with Gasteiger partial charge in [0.2, 0.25) is 0 Å². The second-order valence-corrected chi connectivity index (χ2v) is 13.2. The monoisotopic (exact) mass is 395 g/mol. The van der Waals surface area contributed by atoms with Crippen LogP contribution >= 0.6 is 18.0 Å². The van der Waals surface area contributed by atoms with Crippen molar-refractivity contribution in [1.82, 2.24) is 4.90 Å². The Bertz CT molecular complexity index is 472. The van der Waals surface area contributed by atoms with Crippen molar-refractivity contribution in [3.63, 3.8) is 0 Å². The number of morpholine rings is 1. The third-order valence-corrected chi connectivity index (χ3v) is 8.24. The first-order chi connectivity index (χ1) is 11.4. The van der Waals surface area contributed by atoms with E-state index in [0.29, 0.717) is 5.75 Å². The molecule has 0 aromatic rings. The van der Waals surface area contributed by atoms with Crippen molar-refractivity contribution in [2.45, 2.75) is 41.0 Å². The summed E-state index contributed by atoms with van der Waals surface area (Å²) in [4.78, 5) is 24.5. The minimum absolute atomic E-state index is 0.166. The first-order valence-corrected chi connectivity index (χ1v) is 12.3. The molecule has 0 aliphatic carbocycles. The summed E-state index contributed by atoms with van der Waals surface area (Å²) in [5, 5.41) is 0. The van der Waals surface area contributed by atoms with Gasteiger partial charge in [0.1, 0.15) is 6.61 Å². The van der Waals surface area contributed by atoms with E-state index in [2.05, 4.69) is 4.90 Å². The van der Waals surface area contributed by atoms with Gasteiger partial charge in [0.25, 0.3) is 6.57 Å². The highest BCUT2D eigenvalue weighted by Crippen LogP contribution is 2.57. The summed E-state index contributed by atoms with van der Waals surface area (Å²) in [6, 6.07) is 0. The van der Waals surface area contributed by atoms with E-state index >= 15 is 0 Å². The lowest BCUT2D eigenvalue weighted by atomic mass is 9.89. The molecule has 0 bridgehead atoms. The van der Waals surface area contributed by atoms with Crippen molar-refractivity contribution in [2.75, 3.05) is 51.4 Å². The fourth-order valence-corrected chi connectivity index (χ4v) is 6.77. The SMILES string of the molecule is CC(C)(C)CP(=O)(O)SCCOC(=O)C(C)(C)CCN1CCOCC1. The average Bonchev–Trinajstić information content (AvgIpc) is 2.48. The van der Waals surface area contributed by atoms with Crippen molar-refractivity contribution in [1.29, 1.82) is 0 Å². The maximum Gasteiger partial charge on any atom is 0.311 e. The number of carbonyl (C=O) groups is 1. The zero-order chi connectivity index (χ0) is 19.1. The predicted molar refractivity (Wildman–Crippen MR) is 103 cm³/mol. The van der Waals surface area contributed by atoms with Gasteiger partial charge in [-0.3, -0.25) is 14.3 Å². The molecule has 148 valence electrons. The van der Waals surface area contributed by atoms with Gasteiger partial charge in [0.15, 0.2) is 0 Å². The zero-order valence-corrected chi connectivity index (χ0v) is 18.0. The number of hydrogen-bond acceptors (Lipinski definition) is 6. The smallest absolute Gasteiger partial charge is 0.311 e. The molecular weight excluding hydrogens is 361 g/mol. The van der Waals surface area contributed by atoms with Crippen LogP contribution in [0.4, 0.5) is 0 Å². The van der Waals surface area contributed by atoms with Gasteiger partial charge in [0.05, 0.1) is 18.6 Å². The van der Waals surface area contributed by atoms with Crippen LogP contribution in [-0.2, 0) is 18.8 Å². The number of nitrogens with zero attached hydrogens (tertiary/aromatic N) is 1. The Morgan fingerprint density at radius 2 is 1.84 bits per heavy atom. The van der Waals surface area contributed by atoms with Crippen LogP contribution in [0.1, 0.15) is 41.0 Å². The van der Waals surface area contributed by atoms with Gasteiger partial charge in [-0.25, -0.2) is 0 Å². The molecule has 0 radical (unpaired) electrons. The van der Waals surface area contributed by atoms with E-state index in [-0.39, 0.29) is 24.2 Å². The fraction of sp³-hybridized carbons (Fsp3) is 0.941. The maximum atomic E-state index is 12.3. The summed E-state index contributed by atoms with van der Waals surface area (Å²) in [5.41, 5.74) is -0.757. The Balaban J connectivity index is 2.28. The van der Waals surface area contributed by atoms with Crippen LogP contribution in [0.2, 0.25) is 0 Å². The van der Waals surface area contributed by atoms with Crippen molar-refractivity contribution < 1.29 is 23.7 Å². The Morgan fingerprint density at radius 3 is 2.40 bits per heavy atom. The summed E-state index contributed by atoms with van der Waals surface area (Å²) in [7, 11) is 0. The Morgan fingerprint density at radius 1 is 1.24 bits per heavy atom. The molecule has 1 aliphatic heterocycles. The zero-order valence-electron chi connectivity index (χ0n) is 16.2. The molecule has 0 amide bonds. The van der Waals surface area contributed by atoms with Crippen LogP contribution in [0.5, 0.6) is 0 Å². The van der Waals surface area contributed by atoms with Crippen LogP contribution in [0.15, 0.2) is 0 Å². The summed E-state index contributed by atoms with van der Waals surface area (Å²) < 4.78 is 22.8. The fourth-order valence-electron chi connectivity index (χ4n) is 2.52. The predicted octanol–water partition coefficient (Wildman–Crippen LogP) is 3.24. The summed E-state index contributed by atoms with van der Waals surface area (Å²) in [5.74, 6) is 0.0970. The quantitative estimate of drug-likeness (QED) is 0.365. The van der Waals surface area contributed by atoms with Gasteiger partial charge < -0.3 is 14.4 Å². The largest absolute Gasteiger partial charge is 0.464 e. The second-order valence-electron chi connectivity index (χ2n) is 8.41. The highest BCUT2D eigenvalue weighted by atomic mass is 32.7. The van der Waals surface area contributed by atoms with Crippen molar-refractivity contribution in [3.05, 3.63) is 0 Å². The number of carbonyl (C=O) groups excluding carboxylic acids is 1. The van der Waals surface area contributed by atoms with Crippen LogP contribution in [0, 0.1) is 10.8 Å². The third-order valence-electron chi connectivity index (χ3n) is 3.99. The third kappa shape index (κ3) is 10.00. The van der Waals surface area contributed by atoms with E-state index in [4.69, 9.17) is 9.47 Å². The topological polar surface area (TPSA) is 76.1 Å². The second kappa shape index (κ2) is 9.75. The molecule has 6 nitrogen and oxygen atoms in total. The number of ether oxygens (including phenoxy) is 2. The maximum absolute atomic E-state index is 12.3. The molecule has 8 heteroatoms. The number of hydrogen-bond donors (Lipinski definition) is 1. The van der Waals surface area contributed by atoms with E-state index in [1.54, 1.807) is 0 Å². The molecule has 1 saturated heterocycles. The van der Waals surface area contributed by atoms with Crippen molar-refractivity contribution in [3.8, 4) is 0 Å². The Hall–Kier alpha value is -0.0700. The Kier molecular flexibility index (Phi) is 8.95. The van der Waals surface area contributed by atoms with Crippen LogP contribution in [0.25, 0.3) is 0 Å². The van der Waals surface area contributed by atoms with Gasteiger partial charge in [-0.1, -0.05) is 32.2 Å². The molecule has 0 spiro atoms. The van der Waals surface area contributed by atoms with Gasteiger partial charge in [-0.05, 0) is 32.2 Å². The molecule has 1 rings (SSSR count). The number of rotatable bonds is 9. The highest BCUT2D eigenvalue weighted by Gasteiger charge is 2.31. The molecule has 0 aromatic heterocycles. The average molecular weight is 396 g/mol. The first-order valence-electron chi connectivity index (χ1n) is 8.85. The van der Waals surface area contributed by atoms with Crippen LogP contribution in [-0.4, -0.2) is 67.1 Å². The normalized spacial score (nSPS) is 19.4. The Labute approximate surface area is 156 Å². The van der Waals surface area contributed by atoms with Crippen molar-refractivity contribution in [2.24, 2.45) is 10.8 Å². The first kappa shape index (κ1) is 23.0. The minimum atomic E-state index is -3.24. The molecule has 1 fully saturated rings. The van der Waals surface area contributed by atoms with Gasteiger partial charge >= 0.3 is 5.97 Å². The van der Waals surface area contributed by atoms with Gasteiger partial charge in [-0.15, -0.1) is 0 Å². The standard InChI is InChI=1S/C17H34NO5PS/c1-16(2,3)14-24(20,21)25-13-12-23-15(19)17(4,5)6-7-18-8-10-22-11-9-18/h6-14H2,1-5H3,(H,20,21). The van der Waals surface area contributed by atoms with E-state index in [0.717, 1.165) is 50.7 Å². The minimum Gasteiger partial charge on any atom is -0.464 e. The molecule has 0 saturated carbocycles. The lowest BCUT2D eigenvalue weighted by Crippen LogP contribution is -2.39.